The molecule has 1 atom stereocenters. The van der Waals surface area contributed by atoms with Gasteiger partial charge in [0.15, 0.2) is 5.96 Å². The molecule has 0 aliphatic carbocycles. The molecule has 1 aliphatic heterocycles. The van der Waals surface area contributed by atoms with Gasteiger partial charge in [0.25, 0.3) is 0 Å². The van der Waals surface area contributed by atoms with Crippen molar-refractivity contribution in [1.82, 2.24) is 4.90 Å². The number of unbranched alkanes of at least 4 members (excludes halogenated alkanes) is 3. The average molecular weight is 274 g/mol. The second kappa shape index (κ2) is 7.17. The summed E-state index contributed by atoms with van der Waals surface area (Å²) in [6.45, 7) is 3.92. The Labute approximate surface area is 121 Å². The van der Waals surface area contributed by atoms with Gasteiger partial charge in [-0.25, -0.2) is 0 Å². The maximum atomic E-state index is 7.73. The highest BCUT2D eigenvalue weighted by molar-refractivity contribution is 5.74. The molecule has 20 heavy (non-hydrogen) atoms. The Morgan fingerprint density at radius 1 is 1.35 bits per heavy atom. The van der Waals surface area contributed by atoms with Crippen molar-refractivity contribution >= 4 is 11.6 Å². The Kier molecular flexibility index (Phi) is 5.27. The van der Waals surface area contributed by atoms with Crippen LogP contribution in [0.15, 0.2) is 24.3 Å². The Bertz CT molecular complexity index is 419. The van der Waals surface area contributed by atoms with Crippen LogP contribution in [0.1, 0.15) is 38.2 Å². The topological polar surface area (TPSA) is 65.1 Å². The molecule has 0 radical (unpaired) electrons. The predicted octanol–water partition coefficient (Wildman–Crippen LogP) is 2.80. The van der Waals surface area contributed by atoms with E-state index >= 15 is 0 Å². The van der Waals surface area contributed by atoms with Gasteiger partial charge in [0.05, 0.1) is 0 Å². The van der Waals surface area contributed by atoms with E-state index in [-0.39, 0.29) is 5.96 Å². The summed E-state index contributed by atoms with van der Waals surface area (Å²) >= 11 is 0. The Hall–Kier alpha value is -1.71. The van der Waals surface area contributed by atoms with Crippen molar-refractivity contribution in [2.45, 2.75) is 45.1 Å². The van der Waals surface area contributed by atoms with Crippen LogP contribution >= 0.6 is 0 Å². The van der Waals surface area contributed by atoms with Crippen LogP contribution in [0.5, 0.6) is 0 Å². The second-order valence-electron chi connectivity index (χ2n) is 5.59. The molecule has 4 N–H and O–H groups in total. The molecule has 2 rings (SSSR count). The molecule has 0 amide bonds. The van der Waals surface area contributed by atoms with Crippen LogP contribution in [0.4, 0.5) is 5.69 Å². The quantitative estimate of drug-likeness (QED) is 0.407. The third kappa shape index (κ3) is 3.89. The Morgan fingerprint density at radius 3 is 2.85 bits per heavy atom. The van der Waals surface area contributed by atoms with E-state index in [1.807, 2.05) is 4.90 Å². The summed E-state index contributed by atoms with van der Waals surface area (Å²) in [5, 5.41) is 11.3. The highest BCUT2D eigenvalue weighted by Crippen LogP contribution is 2.25. The summed E-state index contributed by atoms with van der Waals surface area (Å²) < 4.78 is 0. The van der Waals surface area contributed by atoms with Gasteiger partial charge in [-0.3, -0.25) is 5.41 Å². The van der Waals surface area contributed by atoms with Crippen molar-refractivity contribution in [3.63, 3.8) is 0 Å². The molecule has 1 unspecified atom stereocenters. The molecular formula is C16H26N4. The van der Waals surface area contributed by atoms with Gasteiger partial charge in [-0.2, -0.15) is 0 Å². The number of hydrogen-bond donors (Lipinski definition) is 3. The molecule has 0 saturated heterocycles. The molecule has 4 nitrogen and oxygen atoms in total. The number of nitrogens with one attached hydrogen (secondary N) is 2. The van der Waals surface area contributed by atoms with Crippen LogP contribution in [0, 0.1) is 5.41 Å². The number of nitrogens with zero attached hydrogens (tertiary/aromatic N) is 1. The van der Waals surface area contributed by atoms with Crippen LogP contribution in [0.25, 0.3) is 0 Å². The first kappa shape index (κ1) is 14.7. The lowest BCUT2D eigenvalue weighted by Gasteiger charge is -2.26. The van der Waals surface area contributed by atoms with Crippen molar-refractivity contribution in [1.29, 1.82) is 5.41 Å². The first-order valence-electron chi connectivity index (χ1n) is 7.64. The smallest absolute Gasteiger partial charge is 0.188 e. The van der Waals surface area contributed by atoms with E-state index in [1.54, 1.807) is 0 Å². The van der Waals surface area contributed by atoms with Gasteiger partial charge in [0, 0.05) is 24.8 Å². The monoisotopic (exact) mass is 274 g/mol. The molecule has 0 bridgehead atoms. The fourth-order valence-corrected chi connectivity index (χ4v) is 2.79. The van der Waals surface area contributed by atoms with Gasteiger partial charge in [0.2, 0.25) is 0 Å². The van der Waals surface area contributed by atoms with E-state index in [0.29, 0.717) is 6.04 Å². The van der Waals surface area contributed by atoms with E-state index in [4.69, 9.17) is 11.1 Å². The minimum absolute atomic E-state index is 0.194. The molecule has 1 aromatic carbocycles. The fourth-order valence-electron chi connectivity index (χ4n) is 2.79. The van der Waals surface area contributed by atoms with E-state index < -0.39 is 0 Å². The molecule has 1 aromatic rings. The van der Waals surface area contributed by atoms with E-state index in [1.165, 1.54) is 30.5 Å². The first-order chi connectivity index (χ1) is 9.70. The van der Waals surface area contributed by atoms with Crippen molar-refractivity contribution in [3.8, 4) is 0 Å². The number of rotatable bonds is 7. The number of fused-ring (bicyclic) bond motifs is 1. The van der Waals surface area contributed by atoms with Gasteiger partial charge >= 0.3 is 0 Å². The summed E-state index contributed by atoms with van der Waals surface area (Å²) in [5.74, 6) is 0.194. The number of benzene rings is 1. The van der Waals surface area contributed by atoms with Crippen LogP contribution < -0.4 is 11.1 Å². The predicted molar refractivity (Wildman–Crippen MR) is 85.2 cm³/mol. The first-order valence-corrected chi connectivity index (χ1v) is 7.64. The van der Waals surface area contributed by atoms with Gasteiger partial charge in [-0.1, -0.05) is 44.4 Å². The standard InChI is InChI=1S/C16H26N4/c1-2-3-4-7-10-20(16(17)18)12-14-11-13-8-5-6-9-15(13)19-14/h5-6,8-9,14,19H,2-4,7,10-12H2,1H3,(H3,17,18). The normalized spacial score (nSPS) is 16.6. The molecule has 0 fully saturated rings. The summed E-state index contributed by atoms with van der Waals surface area (Å²) in [5.41, 5.74) is 8.31. The molecule has 0 spiro atoms. The van der Waals surface area contributed by atoms with Crippen LogP contribution in [-0.4, -0.2) is 30.0 Å². The van der Waals surface area contributed by atoms with Crippen molar-refractivity contribution in [2.75, 3.05) is 18.4 Å². The van der Waals surface area contributed by atoms with E-state index in [0.717, 1.165) is 25.9 Å². The van der Waals surface area contributed by atoms with Gasteiger partial charge in [-0.05, 0) is 24.5 Å². The van der Waals surface area contributed by atoms with Crippen LogP contribution in [0.3, 0.4) is 0 Å². The van der Waals surface area contributed by atoms with Gasteiger partial charge in [0.1, 0.15) is 0 Å². The molecule has 4 heteroatoms. The highest BCUT2D eigenvalue weighted by Gasteiger charge is 2.22. The minimum atomic E-state index is 0.194. The zero-order chi connectivity index (χ0) is 14.4. The molecule has 0 aromatic heterocycles. The van der Waals surface area contributed by atoms with Gasteiger partial charge in [-0.15, -0.1) is 0 Å². The van der Waals surface area contributed by atoms with Crippen molar-refractivity contribution in [3.05, 3.63) is 29.8 Å². The lowest BCUT2D eigenvalue weighted by atomic mass is 10.1. The largest absolute Gasteiger partial charge is 0.380 e. The Morgan fingerprint density at radius 2 is 2.15 bits per heavy atom. The molecule has 1 heterocycles. The summed E-state index contributed by atoms with van der Waals surface area (Å²) in [6, 6.07) is 8.79. The third-order valence-electron chi connectivity index (χ3n) is 3.91. The Balaban J connectivity index is 1.82. The van der Waals surface area contributed by atoms with Crippen LogP contribution in [0.2, 0.25) is 0 Å². The minimum Gasteiger partial charge on any atom is -0.380 e. The lowest BCUT2D eigenvalue weighted by Crippen LogP contribution is -2.43. The maximum absolute atomic E-state index is 7.73. The molecule has 1 aliphatic rings. The molecule has 0 saturated carbocycles. The fraction of sp³-hybridized carbons (Fsp3) is 0.562. The molecule has 110 valence electrons. The highest BCUT2D eigenvalue weighted by atomic mass is 15.2. The van der Waals surface area contributed by atoms with Crippen molar-refractivity contribution < 1.29 is 0 Å². The van der Waals surface area contributed by atoms with Crippen molar-refractivity contribution in [2.24, 2.45) is 5.73 Å². The van der Waals surface area contributed by atoms with Gasteiger partial charge < -0.3 is 16.0 Å². The van der Waals surface area contributed by atoms with E-state index in [9.17, 15) is 0 Å². The summed E-state index contributed by atoms with van der Waals surface area (Å²) in [4.78, 5) is 2.00. The third-order valence-corrected chi connectivity index (χ3v) is 3.91. The number of guanidine groups is 1. The van der Waals surface area contributed by atoms with Crippen LogP contribution in [-0.2, 0) is 6.42 Å². The number of nitrogens with two attached hydrogens (primary N) is 1. The molecular weight excluding hydrogens is 248 g/mol. The number of hydrogen-bond acceptors (Lipinski definition) is 2. The SMILES string of the molecule is CCCCCCN(CC1Cc2ccccc2N1)C(=N)N. The van der Waals surface area contributed by atoms with E-state index in [2.05, 4.69) is 36.5 Å². The maximum Gasteiger partial charge on any atom is 0.188 e. The lowest BCUT2D eigenvalue weighted by molar-refractivity contribution is 0.377. The zero-order valence-electron chi connectivity index (χ0n) is 12.4. The zero-order valence-corrected chi connectivity index (χ0v) is 12.4. The second-order valence-corrected chi connectivity index (χ2v) is 5.59. The number of anilines is 1. The average Bonchev–Trinajstić information content (AvgIpc) is 2.84. The number of para-hydroxylation sites is 1. The summed E-state index contributed by atoms with van der Waals surface area (Å²) in [7, 11) is 0. The summed E-state index contributed by atoms with van der Waals surface area (Å²) in [6.07, 6.45) is 5.86.